The molecule has 17 heavy (non-hydrogen) atoms. The summed E-state index contributed by atoms with van der Waals surface area (Å²) in [5.74, 6) is 2.16. The topological polar surface area (TPSA) is 12.5 Å². The Bertz CT molecular complexity index is 266. The van der Waals surface area contributed by atoms with E-state index in [9.17, 15) is 0 Å². The molecule has 5 heteroatoms. The SMILES string of the molecule is Cl.ClCCN(CCCl)CCOc1ccccc1. The van der Waals surface area contributed by atoms with Crippen molar-refractivity contribution in [2.75, 3.05) is 38.0 Å². The second-order valence-electron chi connectivity index (χ2n) is 3.38. The molecule has 0 amide bonds. The lowest BCUT2D eigenvalue weighted by Gasteiger charge is -2.19. The highest BCUT2D eigenvalue weighted by molar-refractivity contribution is 6.18. The Labute approximate surface area is 119 Å². The fourth-order valence-corrected chi connectivity index (χ4v) is 1.86. The second kappa shape index (κ2) is 11.0. The van der Waals surface area contributed by atoms with Gasteiger partial charge in [-0.15, -0.1) is 35.6 Å². The summed E-state index contributed by atoms with van der Waals surface area (Å²) in [5, 5.41) is 0. The molecular formula is C12H18Cl3NO. The lowest BCUT2D eigenvalue weighted by molar-refractivity contribution is 0.224. The summed E-state index contributed by atoms with van der Waals surface area (Å²) in [4.78, 5) is 2.20. The Kier molecular flexibility index (Phi) is 10.9. The quantitative estimate of drug-likeness (QED) is 0.683. The third-order valence-electron chi connectivity index (χ3n) is 2.22. The molecule has 0 unspecified atom stereocenters. The summed E-state index contributed by atoms with van der Waals surface area (Å²) in [6, 6.07) is 9.80. The van der Waals surface area contributed by atoms with E-state index in [1.54, 1.807) is 0 Å². The van der Waals surface area contributed by atoms with Crippen molar-refractivity contribution < 1.29 is 4.74 Å². The molecule has 0 aliphatic heterocycles. The first kappa shape index (κ1) is 16.9. The third kappa shape index (κ3) is 7.72. The molecule has 0 bridgehead atoms. The van der Waals surface area contributed by atoms with Crippen LogP contribution in [0.25, 0.3) is 0 Å². The number of benzene rings is 1. The van der Waals surface area contributed by atoms with Gasteiger partial charge in [-0.05, 0) is 12.1 Å². The van der Waals surface area contributed by atoms with Gasteiger partial charge in [0.05, 0.1) is 0 Å². The molecule has 0 aromatic heterocycles. The molecule has 1 aromatic carbocycles. The highest BCUT2D eigenvalue weighted by Gasteiger charge is 2.03. The third-order valence-corrected chi connectivity index (χ3v) is 2.56. The Hall–Kier alpha value is -0.150. The van der Waals surface area contributed by atoms with Crippen LogP contribution in [0.5, 0.6) is 5.75 Å². The molecule has 0 fully saturated rings. The minimum absolute atomic E-state index is 0. The van der Waals surface area contributed by atoms with Gasteiger partial charge in [-0.3, -0.25) is 4.90 Å². The number of nitrogens with zero attached hydrogens (tertiary/aromatic N) is 1. The van der Waals surface area contributed by atoms with Crippen LogP contribution in [0.2, 0.25) is 0 Å². The molecule has 0 saturated carbocycles. The van der Waals surface area contributed by atoms with Gasteiger partial charge in [0.25, 0.3) is 0 Å². The average molecular weight is 299 g/mol. The smallest absolute Gasteiger partial charge is 0.119 e. The van der Waals surface area contributed by atoms with E-state index >= 15 is 0 Å². The molecule has 1 rings (SSSR count). The van der Waals surface area contributed by atoms with Crippen LogP contribution in [0, 0.1) is 0 Å². The summed E-state index contributed by atoms with van der Waals surface area (Å²) in [6.45, 7) is 3.23. The van der Waals surface area contributed by atoms with Gasteiger partial charge < -0.3 is 4.74 Å². The van der Waals surface area contributed by atoms with Gasteiger partial charge in [-0.1, -0.05) is 18.2 Å². The number of halogens is 3. The van der Waals surface area contributed by atoms with E-state index in [4.69, 9.17) is 27.9 Å². The van der Waals surface area contributed by atoms with Gasteiger partial charge in [-0.2, -0.15) is 0 Å². The van der Waals surface area contributed by atoms with Gasteiger partial charge in [0.1, 0.15) is 12.4 Å². The van der Waals surface area contributed by atoms with Crippen molar-refractivity contribution in [1.29, 1.82) is 0 Å². The van der Waals surface area contributed by atoms with Crippen molar-refractivity contribution in [3.05, 3.63) is 30.3 Å². The minimum Gasteiger partial charge on any atom is -0.492 e. The molecular weight excluding hydrogens is 280 g/mol. The lowest BCUT2D eigenvalue weighted by atomic mass is 10.3. The predicted octanol–water partition coefficient (Wildman–Crippen LogP) is 3.27. The first-order valence-electron chi connectivity index (χ1n) is 5.39. The molecule has 0 atom stereocenters. The molecule has 0 heterocycles. The van der Waals surface area contributed by atoms with E-state index in [1.807, 2.05) is 30.3 Å². The molecule has 0 N–H and O–H groups in total. The number of ether oxygens (including phenoxy) is 1. The van der Waals surface area contributed by atoms with Crippen LogP contribution in [0.3, 0.4) is 0 Å². The molecule has 0 aliphatic carbocycles. The van der Waals surface area contributed by atoms with Crippen LogP contribution in [0.15, 0.2) is 30.3 Å². The minimum atomic E-state index is 0. The van der Waals surface area contributed by atoms with Crippen LogP contribution in [0.4, 0.5) is 0 Å². The summed E-state index contributed by atoms with van der Waals surface area (Å²) < 4.78 is 5.60. The van der Waals surface area contributed by atoms with Gasteiger partial charge in [-0.25, -0.2) is 0 Å². The van der Waals surface area contributed by atoms with Crippen molar-refractivity contribution >= 4 is 35.6 Å². The monoisotopic (exact) mass is 297 g/mol. The summed E-state index contributed by atoms with van der Waals surface area (Å²) >= 11 is 11.4. The molecule has 98 valence electrons. The van der Waals surface area contributed by atoms with Crippen LogP contribution in [-0.2, 0) is 0 Å². The zero-order chi connectivity index (χ0) is 11.6. The normalized spacial score (nSPS) is 10.1. The Morgan fingerprint density at radius 1 is 0.941 bits per heavy atom. The number of alkyl halides is 2. The standard InChI is InChI=1S/C12H17Cl2NO.ClH/c13-6-8-15(9-7-14)10-11-16-12-4-2-1-3-5-12;/h1-5H,6-11H2;1H. The maximum absolute atomic E-state index is 5.70. The van der Waals surface area contributed by atoms with E-state index < -0.39 is 0 Å². The molecule has 0 spiro atoms. The Balaban J connectivity index is 0.00000256. The molecule has 0 aliphatic rings. The van der Waals surface area contributed by atoms with Crippen molar-refractivity contribution in [2.45, 2.75) is 0 Å². The van der Waals surface area contributed by atoms with Crippen LogP contribution < -0.4 is 4.74 Å². The molecule has 0 saturated heterocycles. The highest BCUT2D eigenvalue weighted by Crippen LogP contribution is 2.07. The number of hydrogen-bond donors (Lipinski definition) is 0. The Morgan fingerprint density at radius 2 is 1.53 bits per heavy atom. The number of para-hydroxylation sites is 1. The van der Waals surface area contributed by atoms with E-state index in [1.165, 1.54) is 0 Å². The first-order chi connectivity index (χ1) is 7.86. The zero-order valence-electron chi connectivity index (χ0n) is 9.65. The number of rotatable bonds is 8. The Morgan fingerprint density at radius 3 is 2.06 bits per heavy atom. The van der Waals surface area contributed by atoms with Crippen molar-refractivity contribution in [3.63, 3.8) is 0 Å². The first-order valence-corrected chi connectivity index (χ1v) is 6.46. The fraction of sp³-hybridized carbons (Fsp3) is 0.500. The van der Waals surface area contributed by atoms with E-state index in [0.717, 1.165) is 25.4 Å². The fourth-order valence-electron chi connectivity index (χ4n) is 1.38. The maximum atomic E-state index is 5.70. The predicted molar refractivity (Wildman–Crippen MR) is 77.1 cm³/mol. The molecule has 0 radical (unpaired) electrons. The van der Waals surface area contributed by atoms with Crippen molar-refractivity contribution in [1.82, 2.24) is 4.90 Å². The van der Waals surface area contributed by atoms with Crippen LogP contribution >= 0.6 is 35.6 Å². The molecule has 1 aromatic rings. The zero-order valence-corrected chi connectivity index (χ0v) is 12.0. The van der Waals surface area contributed by atoms with E-state index in [2.05, 4.69) is 4.90 Å². The summed E-state index contributed by atoms with van der Waals surface area (Å²) in [6.07, 6.45) is 0. The van der Waals surface area contributed by atoms with Gasteiger partial charge in [0.15, 0.2) is 0 Å². The summed E-state index contributed by atoms with van der Waals surface area (Å²) in [5.41, 5.74) is 0. The maximum Gasteiger partial charge on any atom is 0.119 e. The molecule has 2 nitrogen and oxygen atoms in total. The van der Waals surface area contributed by atoms with E-state index in [0.29, 0.717) is 18.4 Å². The van der Waals surface area contributed by atoms with Gasteiger partial charge in [0.2, 0.25) is 0 Å². The highest BCUT2D eigenvalue weighted by atomic mass is 35.5. The largest absolute Gasteiger partial charge is 0.492 e. The van der Waals surface area contributed by atoms with Crippen molar-refractivity contribution in [2.24, 2.45) is 0 Å². The van der Waals surface area contributed by atoms with Crippen LogP contribution in [0.1, 0.15) is 0 Å². The number of hydrogen-bond acceptors (Lipinski definition) is 2. The van der Waals surface area contributed by atoms with Gasteiger partial charge in [0, 0.05) is 31.4 Å². The van der Waals surface area contributed by atoms with Crippen molar-refractivity contribution in [3.8, 4) is 5.75 Å². The average Bonchev–Trinajstić information content (AvgIpc) is 2.31. The summed E-state index contributed by atoms with van der Waals surface area (Å²) in [7, 11) is 0. The lowest BCUT2D eigenvalue weighted by Crippen LogP contribution is -2.32. The second-order valence-corrected chi connectivity index (χ2v) is 4.14. The van der Waals surface area contributed by atoms with Crippen LogP contribution in [-0.4, -0.2) is 42.9 Å². The van der Waals surface area contributed by atoms with E-state index in [-0.39, 0.29) is 12.4 Å². The van der Waals surface area contributed by atoms with Gasteiger partial charge >= 0.3 is 0 Å².